The van der Waals surface area contributed by atoms with E-state index in [1.807, 2.05) is 6.92 Å². The summed E-state index contributed by atoms with van der Waals surface area (Å²) in [6.45, 7) is 3.54. The number of hydrazine groups is 1. The maximum atomic E-state index is 12.9. The van der Waals surface area contributed by atoms with E-state index in [4.69, 9.17) is 11.3 Å². The molecule has 32 heavy (non-hydrogen) atoms. The van der Waals surface area contributed by atoms with E-state index in [0.29, 0.717) is 16.9 Å². The number of rotatable bonds is 6. The number of amides is 1. The van der Waals surface area contributed by atoms with Crippen LogP contribution in [0.3, 0.4) is 0 Å². The van der Waals surface area contributed by atoms with Gasteiger partial charge in [0.1, 0.15) is 5.82 Å². The van der Waals surface area contributed by atoms with Gasteiger partial charge in [-0.15, -0.1) is 0 Å². The number of halogens is 3. The van der Waals surface area contributed by atoms with Crippen LogP contribution in [0.1, 0.15) is 32.9 Å². The summed E-state index contributed by atoms with van der Waals surface area (Å²) in [5.74, 6) is 5.19. The van der Waals surface area contributed by atoms with Gasteiger partial charge in [0, 0.05) is 30.7 Å². The first-order valence-corrected chi connectivity index (χ1v) is 9.37. The highest BCUT2D eigenvalue weighted by Gasteiger charge is 2.31. The van der Waals surface area contributed by atoms with Crippen LogP contribution >= 0.6 is 0 Å². The second-order valence-electron chi connectivity index (χ2n) is 7.08. The molecule has 0 saturated carbocycles. The molecule has 3 heterocycles. The van der Waals surface area contributed by atoms with Crippen LogP contribution in [0, 0.1) is 19.3 Å². The quantitative estimate of drug-likeness (QED) is 0.304. The molecule has 0 aliphatic heterocycles. The molecule has 0 saturated heterocycles. The number of carbonyl (C=O) groups excluding carboxylic acids is 1. The molecule has 0 spiro atoms. The van der Waals surface area contributed by atoms with Crippen LogP contribution in [-0.2, 0) is 13.2 Å². The summed E-state index contributed by atoms with van der Waals surface area (Å²) in [5, 5.41) is 16.0. The van der Waals surface area contributed by atoms with Crippen molar-refractivity contribution in [1.29, 1.82) is 5.41 Å². The fourth-order valence-electron chi connectivity index (χ4n) is 2.94. The molecule has 0 aliphatic carbocycles. The molecule has 0 unspecified atom stereocenters. The molecular formula is C20H21F3N8O. The average Bonchev–Trinajstić information content (AvgIpc) is 3.06. The van der Waals surface area contributed by atoms with E-state index in [9.17, 15) is 18.0 Å². The first kappa shape index (κ1) is 22.9. The van der Waals surface area contributed by atoms with E-state index in [1.165, 1.54) is 17.3 Å². The van der Waals surface area contributed by atoms with Gasteiger partial charge in [-0.1, -0.05) is 0 Å². The number of carbonyl (C=O) groups is 1. The van der Waals surface area contributed by atoms with Crippen LogP contribution in [0.4, 0.5) is 24.7 Å². The Kier molecular flexibility index (Phi) is 6.25. The molecule has 3 aromatic heterocycles. The lowest BCUT2D eigenvalue weighted by Crippen LogP contribution is -2.37. The number of nitrogens with two attached hydrogens (primary N) is 1. The Labute approximate surface area is 181 Å². The largest absolute Gasteiger partial charge is 0.416 e. The van der Waals surface area contributed by atoms with Gasteiger partial charge in [-0.2, -0.15) is 18.3 Å². The molecule has 0 aromatic carbocycles. The van der Waals surface area contributed by atoms with E-state index >= 15 is 0 Å². The van der Waals surface area contributed by atoms with Crippen molar-refractivity contribution in [3.8, 4) is 0 Å². The van der Waals surface area contributed by atoms with Crippen LogP contribution < -0.4 is 16.2 Å². The minimum atomic E-state index is -4.56. The highest BCUT2D eigenvalue weighted by molar-refractivity contribution is 6.05. The zero-order chi connectivity index (χ0) is 23.6. The third kappa shape index (κ3) is 4.91. The molecule has 4 N–H and O–H groups in total. The summed E-state index contributed by atoms with van der Waals surface area (Å²) in [4.78, 5) is 20.5. The van der Waals surface area contributed by atoms with Crippen LogP contribution in [0.25, 0.3) is 0 Å². The van der Waals surface area contributed by atoms with E-state index in [1.54, 1.807) is 24.9 Å². The van der Waals surface area contributed by atoms with E-state index < -0.39 is 17.6 Å². The van der Waals surface area contributed by atoms with Gasteiger partial charge in [0.15, 0.2) is 0 Å². The molecule has 3 aromatic rings. The van der Waals surface area contributed by atoms with Crippen molar-refractivity contribution < 1.29 is 18.0 Å². The molecule has 0 fully saturated rings. The maximum Gasteiger partial charge on any atom is 0.416 e. The van der Waals surface area contributed by atoms with Crippen LogP contribution in [0.2, 0.25) is 0 Å². The molecule has 9 nitrogen and oxygen atoms in total. The Balaban J connectivity index is 1.78. The van der Waals surface area contributed by atoms with Crippen LogP contribution in [0.15, 0.2) is 36.8 Å². The molecule has 0 atom stereocenters. The lowest BCUT2D eigenvalue weighted by molar-refractivity contribution is -0.137. The minimum absolute atomic E-state index is 0.0231. The number of nitrogens with zero attached hydrogens (tertiary/aromatic N) is 5. The number of alkyl halides is 3. The predicted molar refractivity (Wildman–Crippen MR) is 112 cm³/mol. The first-order valence-electron chi connectivity index (χ1n) is 9.37. The molecule has 0 bridgehead atoms. The number of nitrogens with one attached hydrogen (secondary N) is 2. The fraction of sp³-hybridized carbons (Fsp3) is 0.250. The normalized spacial score (nSPS) is 11.3. The second-order valence-corrected chi connectivity index (χ2v) is 7.08. The SMILES string of the molecule is Cc1ncc(C(=O)Nc2cc(C(F)(F)F)ccn2)cc1N(N)CC(=N)c1cnn(C)c1C. The van der Waals surface area contributed by atoms with Gasteiger partial charge in [0.05, 0.1) is 41.0 Å². The Bertz CT molecular complexity index is 1170. The van der Waals surface area contributed by atoms with Crippen molar-refractivity contribution in [2.45, 2.75) is 20.0 Å². The Morgan fingerprint density at radius 3 is 2.59 bits per heavy atom. The molecule has 12 heteroatoms. The van der Waals surface area contributed by atoms with Gasteiger partial charge >= 0.3 is 6.18 Å². The van der Waals surface area contributed by atoms with E-state index in [-0.39, 0.29) is 23.6 Å². The van der Waals surface area contributed by atoms with Gasteiger partial charge in [-0.3, -0.25) is 14.5 Å². The Morgan fingerprint density at radius 1 is 1.25 bits per heavy atom. The summed E-state index contributed by atoms with van der Waals surface area (Å²) >= 11 is 0. The Morgan fingerprint density at radius 2 is 1.97 bits per heavy atom. The summed E-state index contributed by atoms with van der Waals surface area (Å²) in [5.41, 5.74) is 1.71. The molecule has 168 valence electrons. The predicted octanol–water partition coefficient (Wildman–Crippen LogP) is 2.85. The number of pyridine rings is 2. The number of hydrogen-bond donors (Lipinski definition) is 3. The Hall–Kier alpha value is -3.80. The highest BCUT2D eigenvalue weighted by atomic mass is 19.4. The average molecular weight is 446 g/mol. The third-order valence-corrected chi connectivity index (χ3v) is 4.85. The summed E-state index contributed by atoms with van der Waals surface area (Å²) in [6.07, 6.45) is -0.738. The van der Waals surface area contributed by atoms with Crippen LogP contribution in [0.5, 0.6) is 0 Å². The number of anilines is 2. The van der Waals surface area contributed by atoms with E-state index in [2.05, 4.69) is 20.4 Å². The van der Waals surface area contributed by atoms with Gasteiger partial charge in [-0.25, -0.2) is 10.8 Å². The second kappa shape index (κ2) is 8.75. The molecule has 0 aliphatic rings. The standard InChI is InChI=1S/C20H21F3N8O/c1-11-17(31(25)10-16(24)15-9-28-30(3)12(15)2)6-13(8-27-11)19(32)29-18-7-14(4-5-26-18)20(21,22)23/h4-9,24H,10,25H2,1-3H3,(H,26,29,32). The smallest absolute Gasteiger partial charge is 0.307 e. The zero-order valence-corrected chi connectivity index (χ0v) is 17.5. The van der Waals surface area contributed by atoms with Crippen molar-refractivity contribution in [3.63, 3.8) is 0 Å². The fourth-order valence-corrected chi connectivity index (χ4v) is 2.94. The van der Waals surface area contributed by atoms with Crippen molar-refractivity contribution in [2.75, 3.05) is 16.9 Å². The molecule has 0 radical (unpaired) electrons. The van der Waals surface area contributed by atoms with Crippen molar-refractivity contribution in [1.82, 2.24) is 19.7 Å². The lowest BCUT2D eigenvalue weighted by atomic mass is 10.1. The summed E-state index contributed by atoms with van der Waals surface area (Å²) in [6, 6.07) is 3.01. The van der Waals surface area contributed by atoms with Gasteiger partial charge in [0.2, 0.25) is 0 Å². The lowest BCUT2D eigenvalue weighted by Gasteiger charge is -2.21. The van der Waals surface area contributed by atoms with Crippen molar-refractivity contribution in [2.24, 2.45) is 12.9 Å². The summed E-state index contributed by atoms with van der Waals surface area (Å²) in [7, 11) is 1.77. The topological polar surface area (TPSA) is 126 Å². The number of aryl methyl sites for hydroxylation is 2. The van der Waals surface area contributed by atoms with Gasteiger partial charge in [-0.05, 0) is 32.0 Å². The number of aromatic nitrogens is 4. The molecule has 1 amide bonds. The number of hydrogen-bond acceptors (Lipinski definition) is 7. The molecule has 3 rings (SSSR count). The monoisotopic (exact) mass is 446 g/mol. The highest BCUT2D eigenvalue weighted by Crippen LogP contribution is 2.30. The van der Waals surface area contributed by atoms with Crippen molar-refractivity contribution >= 4 is 23.1 Å². The maximum absolute atomic E-state index is 12.9. The minimum Gasteiger partial charge on any atom is -0.307 e. The van der Waals surface area contributed by atoms with Gasteiger partial charge < -0.3 is 15.7 Å². The van der Waals surface area contributed by atoms with Gasteiger partial charge in [0.25, 0.3) is 5.91 Å². The van der Waals surface area contributed by atoms with E-state index in [0.717, 1.165) is 24.0 Å². The van der Waals surface area contributed by atoms with Crippen LogP contribution in [-0.4, -0.2) is 37.9 Å². The van der Waals surface area contributed by atoms with Crippen molar-refractivity contribution in [3.05, 3.63) is 64.9 Å². The third-order valence-electron chi connectivity index (χ3n) is 4.85. The molecular weight excluding hydrogens is 425 g/mol. The summed E-state index contributed by atoms with van der Waals surface area (Å²) < 4.78 is 40.3. The first-order chi connectivity index (χ1) is 15.0. The zero-order valence-electron chi connectivity index (χ0n) is 17.5.